The van der Waals surface area contributed by atoms with Crippen molar-refractivity contribution in [2.45, 2.75) is 161 Å². The third-order valence-corrected chi connectivity index (χ3v) is 10.00. The van der Waals surface area contributed by atoms with Crippen LogP contribution in [-0.4, -0.2) is 53.7 Å². The van der Waals surface area contributed by atoms with Crippen LogP contribution in [0.2, 0.25) is 0 Å². The minimum Gasteiger partial charge on any atom is -0.462 e. The van der Waals surface area contributed by atoms with E-state index in [1.165, 1.54) is 32.1 Å². The van der Waals surface area contributed by atoms with Crippen molar-refractivity contribution in [3.63, 3.8) is 0 Å². The Morgan fingerprint density at radius 2 is 1.23 bits per heavy atom. The molecular weight excluding hydrogens is 492 g/mol. The number of azo groups is 2. The minimum absolute atomic E-state index is 0.138. The van der Waals surface area contributed by atoms with E-state index in [0.29, 0.717) is 31.3 Å². The fourth-order valence-electron chi connectivity index (χ4n) is 6.58. The lowest BCUT2D eigenvalue weighted by Gasteiger charge is -2.38. The van der Waals surface area contributed by atoms with E-state index < -0.39 is 17.4 Å². The van der Waals surface area contributed by atoms with Crippen LogP contribution in [0.4, 0.5) is 0 Å². The first-order chi connectivity index (χ1) is 18.6. The van der Waals surface area contributed by atoms with Gasteiger partial charge in [-0.3, -0.25) is 9.59 Å². The molecule has 3 aliphatic carbocycles. The lowest BCUT2D eigenvalue weighted by molar-refractivity contribution is -0.168. The van der Waals surface area contributed by atoms with Crippen LogP contribution in [-0.2, 0) is 14.3 Å². The van der Waals surface area contributed by atoms with Crippen molar-refractivity contribution in [1.82, 2.24) is 0 Å². The molecule has 0 saturated heterocycles. The third-order valence-electron chi connectivity index (χ3n) is 10.00. The van der Waals surface area contributed by atoms with Crippen molar-refractivity contribution >= 4 is 11.8 Å². The maximum Gasteiger partial charge on any atom is 0.312 e. The van der Waals surface area contributed by atoms with Gasteiger partial charge in [0.25, 0.3) is 0 Å². The average Bonchev–Trinajstić information content (AvgIpc) is 2.96. The van der Waals surface area contributed by atoms with Gasteiger partial charge in [0.2, 0.25) is 0 Å². The van der Waals surface area contributed by atoms with Crippen molar-refractivity contribution in [2.24, 2.45) is 37.2 Å². The normalized spacial score (nSPS) is 32.1. The molecule has 8 heteroatoms. The number of hydrogen-bond donors (Lipinski definition) is 1. The highest BCUT2D eigenvalue weighted by Gasteiger charge is 2.44. The molecule has 3 saturated carbocycles. The van der Waals surface area contributed by atoms with Gasteiger partial charge in [-0.15, -0.1) is 0 Å². The van der Waals surface area contributed by atoms with E-state index in [4.69, 9.17) is 15.0 Å². The second kappa shape index (κ2) is 14.8. The van der Waals surface area contributed by atoms with Crippen molar-refractivity contribution in [3.05, 3.63) is 0 Å². The molecule has 0 aromatic carbocycles. The number of aliphatic hydroxyl groups is 1. The zero-order valence-electron chi connectivity index (χ0n) is 25.2. The monoisotopic (exact) mass is 546 g/mol. The lowest BCUT2D eigenvalue weighted by Crippen LogP contribution is -2.43. The summed E-state index contributed by atoms with van der Waals surface area (Å²) in [6.45, 7) is 9.28. The van der Waals surface area contributed by atoms with Crippen LogP contribution in [0, 0.1) is 16.7 Å². The van der Waals surface area contributed by atoms with Gasteiger partial charge < -0.3 is 9.84 Å². The Balaban J connectivity index is 1.44. The molecule has 222 valence electrons. The summed E-state index contributed by atoms with van der Waals surface area (Å²) in [4.78, 5) is 25.7. The number of ketones is 1. The number of ether oxygens (including phenoxy) is 1. The van der Waals surface area contributed by atoms with Crippen LogP contribution in [0.25, 0.3) is 0 Å². The number of carbonyl (C=O) groups is 2. The summed E-state index contributed by atoms with van der Waals surface area (Å²) in [5.41, 5.74) is -1.50. The second-order valence-electron chi connectivity index (χ2n) is 13.2. The van der Waals surface area contributed by atoms with Crippen molar-refractivity contribution in [2.75, 3.05) is 6.61 Å². The quantitative estimate of drug-likeness (QED) is 0.203. The number of esters is 1. The highest BCUT2D eigenvalue weighted by Crippen LogP contribution is 2.42. The van der Waals surface area contributed by atoms with Gasteiger partial charge >= 0.3 is 5.97 Å². The van der Waals surface area contributed by atoms with Gasteiger partial charge in [-0.2, -0.15) is 20.5 Å². The molecule has 0 aromatic rings. The van der Waals surface area contributed by atoms with Gasteiger partial charge in [-0.25, -0.2) is 0 Å². The molecule has 0 amide bonds. The van der Waals surface area contributed by atoms with E-state index in [9.17, 15) is 14.7 Å². The summed E-state index contributed by atoms with van der Waals surface area (Å²) in [5, 5.41) is 28.2. The average molecular weight is 547 g/mol. The van der Waals surface area contributed by atoms with Crippen LogP contribution in [0.5, 0.6) is 0 Å². The van der Waals surface area contributed by atoms with Crippen LogP contribution < -0.4 is 0 Å². The summed E-state index contributed by atoms with van der Waals surface area (Å²) in [5.74, 6) is -0.237. The van der Waals surface area contributed by atoms with Crippen LogP contribution in [0.3, 0.4) is 0 Å². The number of aliphatic hydroxyl groups excluding tert-OH is 1. The summed E-state index contributed by atoms with van der Waals surface area (Å²) in [6, 6.07) is 1.28. The number of nitrogens with zero attached hydrogens (tertiary/aromatic N) is 4. The molecule has 0 bridgehead atoms. The van der Waals surface area contributed by atoms with Crippen molar-refractivity contribution < 1.29 is 19.4 Å². The molecule has 1 N–H and O–H groups in total. The zero-order valence-corrected chi connectivity index (χ0v) is 25.2. The van der Waals surface area contributed by atoms with Crippen LogP contribution in [0.1, 0.15) is 131 Å². The first kappa shape index (κ1) is 31.8. The molecule has 3 rings (SSSR count). The summed E-state index contributed by atoms with van der Waals surface area (Å²) < 4.78 is 6.08. The number of carbonyl (C=O) groups excluding carboxylic acids is 2. The lowest BCUT2D eigenvalue weighted by atomic mass is 9.68. The van der Waals surface area contributed by atoms with Crippen LogP contribution >= 0.6 is 0 Å². The molecule has 5 atom stereocenters. The highest BCUT2D eigenvalue weighted by atomic mass is 16.5. The molecule has 0 radical (unpaired) electrons. The van der Waals surface area contributed by atoms with E-state index in [1.54, 1.807) is 0 Å². The summed E-state index contributed by atoms with van der Waals surface area (Å²) >= 11 is 0. The number of Topliss-reactive ketones (excluding diaryl/α,β-unsaturated/α-hetero) is 1. The Morgan fingerprint density at radius 1 is 0.744 bits per heavy atom. The van der Waals surface area contributed by atoms with E-state index in [2.05, 4.69) is 17.2 Å². The zero-order chi connectivity index (χ0) is 28.5. The van der Waals surface area contributed by atoms with Gasteiger partial charge in [0, 0.05) is 5.41 Å². The molecule has 39 heavy (non-hydrogen) atoms. The topological polar surface area (TPSA) is 113 Å². The standard InChI is InChI=1S/C31H54N4O4/c1-6-30(4,28(37)20-36)21-31(5,7-2)29(38)39-27-18-17-26(19-22(27)3)35-34-25-15-13-24(14-16-25)33-32-23-11-9-8-10-12-23/h22-27,36H,6-21H2,1-5H3. The van der Waals surface area contributed by atoms with Gasteiger partial charge in [-0.1, -0.05) is 47.0 Å². The molecule has 0 aliphatic heterocycles. The molecule has 3 fully saturated rings. The number of rotatable bonds is 12. The minimum atomic E-state index is -0.763. The smallest absolute Gasteiger partial charge is 0.312 e. The Labute approximate surface area is 236 Å². The molecule has 0 aromatic heterocycles. The van der Waals surface area contributed by atoms with Gasteiger partial charge in [0.05, 0.1) is 29.6 Å². The summed E-state index contributed by atoms with van der Waals surface area (Å²) in [6.07, 6.45) is 14.4. The second-order valence-corrected chi connectivity index (χ2v) is 13.2. The number of hydrogen-bond acceptors (Lipinski definition) is 8. The van der Waals surface area contributed by atoms with E-state index in [1.807, 2.05) is 27.7 Å². The van der Waals surface area contributed by atoms with Crippen molar-refractivity contribution in [3.8, 4) is 0 Å². The first-order valence-corrected chi connectivity index (χ1v) is 15.8. The first-order valence-electron chi connectivity index (χ1n) is 15.8. The predicted octanol–water partition coefficient (Wildman–Crippen LogP) is 7.42. The Bertz CT molecular complexity index is 850. The SMILES string of the molecule is CCC(C)(CC(C)(CC)C(=O)OC1CCC(N=NC2CCC(N=NC3CCCCC3)CC2)CC1C)C(=O)CO. The maximum atomic E-state index is 13.3. The highest BCUT2D eigenvalue weighted by molar-refractivity contribution is 5.86. The molecule has 5 unspecified atom stereocenters. The summed E-state index contributed by atoms with van der Waals surface area (Å²) in [7, 11) is 0. The molecule has 0 heterocycles. The molecule has 0 spiro atoms. The largest absolute Gasteiger partial charge is 0.462 e. The fourth-order valence-corrected chi connectivity index (χ4v) is 6.58. The van der Waals surface area contributed by atoms with E-state index >= 15 is 0 Å². The Hall–Kier alpha value is -1.70. The van der Waals surface area contributed by atoms with Crippen LogP contribution in [0.15, 0.2) is 20.5 Å². The predicted molar refractivity (Wildman–Crippen MR) is 153 cm³/mol. The van der Waals surface area contributed by atoms with Gasteiger partial charge in [0.1, 0.15) is 12.7 Å². The molecular formula is C31H54N4O4. The van der Waals surface area contributed by atoms with E-state index in [0.717, 1.165) is 44.9 Å². The fraction of sp³-hybridized carbons (Fsp3) is 0.935. The van der Waals surface area contributed by atoms with Crippen molar-refractivity contribution in [1.29, 1.82) is 0 Å². The van der Waals surface area contributed by atoms with Gasteiger partial charge in [-0.05, 0) is 89.9 Å². The van der Waals surface area contributed by atoms with Gasteiger partial charge in [0.15, 0.2) is 5.78 Å². The molecule has 8 nitrogen and oxygen atoms in total. The maximum absolute atomic E-state index is 13.3. The Kier molecular flexibility index (Phi) is 12.1. The molecule has 3 aliphatic rings. The van der Waals surface area contributed by atoms with E-state index in [-0.39, 0.29) is 35.9 Å². The Morgan fingerprint density at radius 3 is 1.72 bits per heavy atom. The third kappa shape index (κ3) is 8.89.